The molecule has 1 aromatic rings. The van der Waals surface area contributed by atoms with E-state index in [1.165, 1.54) is 11.4 Å². The van der Waals surface area contributed by atoms with Crippen molar-refractivity contribution in [3.05, 3.63) is 16.6 Å². The fraction of sp³-hybridized carbons (Fsp3) is 0.667. The average molecular weight is 182 g/mol. The van der Waals surface area contributed by atoms with Crippen LogP contribution in [0.4, 0.5) is 0 Å². The summed E-state index contributed by atoms with van der Waals surface area (Å²) < 4.78 is 0. The number of thiazole rings is 1. The molecule has 0 aliphatic heterocycles. The van der Waals surface area contributed by atoms with E-state index in [-0.39, 0.29) is 0 Å². The zero-order valence-corrected chi connectivity index (χ0v) is 8.27. The predicted molar refractivity (Wildman–Crippen MR) is 51.2 cm³/mol. The highest BCUT2D eigenvalue weighted by molar-refractivity contribution is 7.09. The minimum atomic E-state index is 0.431. The van der Waals surface area contributed by atoms with Crippen LogP contribution in [0.5, 0.6) is 0 Å². The summed E-state index contributed by atoms with van der Waals surface area (Å²) in [6, 6.07) is 1.17. The molecule has 1 saturated carbocycles. The molecule has 1 fully saturated rings. The van der Waals surface area contributed by atoms with Gasteiger partial charge >= 0.3 is 0 Å². The van der Waals surface area contributed by atoms with Gasteiger partial charge in [-0.25, -0.2) is 4.98 Å². The molecule has 0 radical (unpaired) electrons. The third-order valence-electron chi connectivity index (χ3n) is 2.40. The van der Waals surface area contributed by atoms with Crippen LogP contribution in [0.15, 0.2) is 11.6 Å². The largest absolute Gasteiger partial charge is 0.305 e. The smallest absolute Gasteiger partial charge is 0.109 e. The lowest BCUT2D eigenvalue weighted by atomic mass is 10.3. The first-order valence-corrected chi connectivity index (χ1v) is 5.31. The molecule has 3 heteroatoms. The number of nitrogens with one attached hydrogen (secondary N) is 1. The Hall–Kier alpha value is -0.410. The summed E-state index contributed by atoms with van der Waals surface area (Å²) in [5.41, 5.74) is 0. The lowest BCUT2D eigenvalue weighted by Crippen LogP contribution is -2.21. The Morgan fingerprint density at radius 2 is 2.50 bits per heavy atom. The first-order chi connectivity index (χ1) is 5.77. The van der Waals surface area contributed by atoms with Crippen molar-refractivity contribution in [1.29, 1.82) is 0 Å². The maximum Gasteiger partial charge on any atom is 0.109 e. The van der Waals surface area contributed by atoms with E-state index < -0.39 is 0 Å². The van der Waals surface area contributed by atoms with Gasteiger partial charge in [-0.15, -0.1) is 11.3 Å². The van der Waals surface area contributed by atoms with Crippen LogP contribution >= 0.6 is 11.3 Å². The lowest BCUT2D eigenvalue weighted by Gasteiger charge is -2.09. The minimum absolute atomic E-state index is 0.431. The summed E-state index contributed by atoms with van der Waals surface area (Å²) in [7, 11) is 0. The molecule has 2 rings (SSSR count). The predicted octanol–water partition coefficient (Wildman–Crippen LogP) is 2.20. The SMILES string of the molecule is CC(NC1CC1C)c1nccs1. The second-order valence-corrected chi connectivity index (χ2v) is 4.50. The highest BCUT2D eigenvalue weighted by Gasteiger charge is 2.33. The van der Waals surface area contributed by atoms with Crippen molar-refractivity contribution in [2.45, 2.75) is 32.4 Å². The second kappa shape index (κ2) is 3.15. The molecule has 0 aromatic carbocycles. The molecule has 0 bridgehead atoms. The summed E-state index contributed by atoms with van der Waals surface area (Å²) in [5, 5.41) is 6.79. The quantitative estimate of drug-likeness (QED) is 0.775. The number of aromatic nitrogens is 1. The Bertz CT molecular complexity index is 245. The molecule has 3 unspecified atom stereocenters. The first kappa shape index (κ1) is 8.20. The van der Waals surface area contributed by atoms with Crippen LogP contribution in [0.1, 0.15) is 31.3 Å². The third kappa shape index (κ3) is 1.67. The summed E-state index contributed by atoms with van der Waals surface area (Å²) >= 11 is 1.73. The molecule has 0 spiro atoms. The molecule has 0 amide bonds. The van der Waals surface area contributed by atoms with Crippen LogP contribution in [0.25, 0.3) is 0 Å². The van der Waals surface area contributed by atoms with E-state index in [4.69, 9.17) is 0 Å². The fourth-order valence-corrected chi connectivity index (χ4v) is 2.05. The molecule has 2 nitrogen and oxygen atoms in total. The van der Waals surface area contributed by atoms with Gasteiger partial charge in [-0.1, -0.05) is 6.92 Å². The van der Waals surface area contributed by atoms with Crippen molar-refractivity contribution in [3.8, 4) is 0 Å². The summed E-state index contributed by atoms with van der Waals surface area (Å²) in [6.45, 7) is 4.47. The van der Waals surface area contributed by atoms with E-state index in [2.05, 4.69) is 24.1 Å². The van der Waals surface area contributed by atoms with Crippen molar-refractivity contribution in [2.75, 3.05) is 0 Å². The van der Waals surface area contributed by atoms with Gasteiger partial charge in [0.2, 0.25) is 0 Å². The van der Waals surface area contributed by atoms with Crippen molar-refractivity contribution >= 4 is 11.3 Å². The highest BCUT2D eigenvalue weighted by atomic mass is 32.1. The molecular weight excluding hydrogens is 168 g/mol. The molecular formula is C9H14N2S. The Morgan fingerprint density at radius 3 is 3.00 bits per heavy atom. The van der Waals surface area contributed by atoms with E-state index in [0.717, 1.165) is 12.0 Å². The molecule has 1 aliphatic carbocycles. The van der Waals surface area contributed by atoms with Gasteiger partial charge in [-0.2, -0.15) is 0 Å². The topological polar surface area (TPSA) is 24.9 Å². The van der Waals surface area contributed by atoms with Gasteiger partial charge in [-0.3, -0.25) is 0 Å². The van der Waals surface area contributed by atoms with E-state index in [9.17, 15) is 0 Å². The Morgan fingerprint density at radius 1 is 1.75 bits per heavy atom. The Labute approximate surface area is 77.0 Å². The van der Waals surface area contributed by atoms with Crippen molar-refractivity contribution in [2.24, 2.45) is 5.92 Å². The average Bonchev–Trinajstić information content (AvgIpc) is 2.58. The molecule has 12 heavy (non-hydrogen) atoms. The van der Waals surface area contributed by atoms with E-state index in [1.807, 2.05) is 11.6 Å². The Balaban J connectivity index is 1.89. The summed E-state index contributed by atoms with van der Waals surface area (Å²) in [4.78, 5) is 4.28. The Kier molecular flexibility index (Phi) is 2.15. The van der Waals surface area contributed by atoms with Crippen LogP contribution < -0.4 is 5.32 Å². The van der Waals surface area contributed by atoms with E-state index >= 15 is 0 Å². The first-order valence-electron chi connectivity index (χ1n) is 4.43. The minimum Gasteiger partial charge on any atom is -0.305 e. The monoisotopic (exact) mass is 182 g/mol. The van der Waals surface area contributed by atoms with Gasteiger partial charge < -0.3 is 5.32 Å². The highest BCUT2D eigenvalue weighted by Crippen LogP contribution is 2.31. The lowest BCUT2D eigenvalue weighted by molar-refractivity contribution is 0.549. The summed E-state index contributed by atoms with van der Waals surface area (Å²) in [5.74, 6) is 0.868. The van der Waals surface area contributed by atoms with Crippen LogP contribution in [0, 0.1) is 5.92 Å². The molecule has 1 aliphatic rings. The van der Waals surface area contributed by atoms with E-state index in [1.54, 1.807) is 11.3 Å². The molecule has 1 heterocycles. The molecule has 1 aromatic heterocycles. The second-order valence-electron chi connectivity index (χ2n) is 3.58. The molecule has 0 saturated heterocycles. The van der Waals surface area contributed by atoms with Gasteiger partial charge in [0.1, 0.15) is 5.01 Å². The standard InChI is InChI=1S/C9H14N2S/c1-6-5-8(6)11-7(2)9-10-3-4-12-9/h3-4,6-8,11H,5H2,1-2H3. The zero-order valence-electron chi connectivity index (χ0n) is 7.45. The normalized spacial score (nSPS) is 30.2. The molecule has 1 N–H and O–H groups in total. The van der Waals surface area contributed by atoms with Gasteiger partial charge in [-0.05, 0) is 19.3 Å². The van der Waals surface area contributed by atoms with E-state index in [0.29, 0.717) is 6.04 Å². The van der Waals surface area contributed by atoms with Gasteiger partial charge in [0, 0.05) is 17.6 Å². The summed E-state index contributed by atoms with van der Waals surface area (Å²) in [6.07, 6.45) is 3.20. The number of hydrogen-bond acceptors (Lipinski definition) is 3. The maximum atomic E-state index is 4.28. The number of rotatable bonds is 3. The van der Waals surface area contributed by atoms with Gasteiger partial charge in [0.25, 0.3) is 0 Å². The van der Waals surface area contributed by atoms with Gasteiger partial charge in [0.05, 0.1) is 6.04 Å². The fourth-order valence-electron chi connectivity index (χ4n) is 1.40. The molecule has 66 valence electrons. The molecule has 3 atom stereocenters. The van der Waals surface area contributed by atoms with Crippen LogP contribution in [0.2, 0.25) is 0 Å². The zero-order chi connectivity index (χ0) is 8.55. The number of hydrogen-bond donors (Lipinski definition) is 1. The van der Waals surface area contributed by atoms with Crippen LogP contribution in [0.3, 0.4) is 0 Å². The van der Waals surface area contributed by atoms with Gasteiger partial charge in [0.15, 0.2) is 0 Å². The third-order valence-corrected chi connectivity index (χ3v) is 3.35. The van der Waals surface area contributed by atoms with Crippen molar-refractivity contribution in [1.82, 2.24) is 10.3 Å². The maximum absolute atomic E-state index is 4.28. The van der Waals surface area contributed by atoms with Crippen LogP contribution in [-0.4, -0.2) is 11.0 Å². The van der Waals surface area contributed by atoms with Crippen molar-refractivity contribution in [3.63, 3.8) is 0 Å². The van der Waals surface area contributed by atoms with Crippen molar-refractivity contribution < 1.29 is 0 Å². The van der Waals surface area contributed by atoms with Crippen LogP contribution in [-0.2, 0) is 0 Å². The number of nitrogens with zero attached hydrogens (tertiary/aromatic N) is 1.